The average Bonchev–Trinajstić information content (AvgIpc) is 3.50. The lowest BCUT2D eigenvalue weighted by Crippen LogP contribution is -2.14. The predicted molar refractivity (Wildman–Crippen MR) is 193 cm³/mol. The molecule has 0 N–H and O–H groups in total. The van der Waals surface area contributed by atoms with Gasteiger partial charge >= 0.3 is 0 Å². The van der Waals surface area contributed by atoms with Crippen LogP contribution in [-0.4, -0.2) is 4.57 Å². The summed E-state index contributed by atoms with van der Waals surface area (Å²) in [4.78, 5) is 2.65. The molecule has 1 heterocycles. The molecule has 0 amide bonds. The molecule has 7 aromatic rings. The molecule has 0 aliphatic heterocycles. The fourth-order valence-electron chi connectivity index (χ4n) is 7.67. The van der Waals surface area contributed by atoms with Gasteiger partial charge in [-0.3, -0.25) is 0 Å². The minimum absolute atomic E-state index is 0.000932. The summed E-state index contributed by atoms with van der Waals surface area (Å²) >= 11 is 1.91. The highest BCUT2D eigenvalue weighted by Crippen LogP contribution is 2.50. The van der Waals surface area contributed by atoms with Gasteiger partial charge in [0, 0.05) is 31.7 Å². The predicted octanol–water partition coefficient (Wildman–Crippen LogP) is 12.1. The van der Waals surface area contributed by atoms with Crippen LogP contribution < -0.4 is 0 Å². The van der Waals surface area contributed by atoms with E-state index in [1.165, 1.54) is 92.9 Å². The summed E-state index contributed by atoms with van der Waals surface area (Å²) in [6.07, 6.45) is 0. The number of rotatable bonds is 4. The summed E-state index contributed by atoms with van der Waals surface area (Å²) in [6.45, 7) is 13.7. The van der Waals surface area contributed by atoms with Gasteiger partial charge in [0.05, 0.1) is 11.0 Å². The number of nitrogens with zero attached hydrogens (tertiary/aromatic N) is 1. The minimum Gasteiger partial charge on any atom is -0.309 e. The Morgan fingerprint density at radius 2 is 1.24 bits per heavy atom. The highest BCUT2D eigenvalue weighted by atomic mass is 32.2. The van der Waals surface area contributed by atoms with Crippen LogP contribution in [0.15, 0.2) is 125 Å². The summed E-state index contributed by atoms with van der Waals surface area (Å²) in [5.41, 5.74) is 17.2. The van der Waals surface area contributed by atoms with E-state index in [-0.39, 0.29) is 5.41 Å². The van der Waals surface area contributed by atoms with Crippen molar-refractivity contribution in [3.8, 4) is 27.9 Å². The quantitative estimate of drug-likeness (QED) is 0.195. The number of fused-ring (bicyclic) bond motifs is 6. The van der Waals surface area contributed by atoms with Crippen LogP contribution in [-0.2, 0) is 5.41 Å². The second-order valence-electron chi connectivity index (χ2n) is 13.2. The second-order valence-corrected chi connectivity index (χ2v) is 14.2. The zero-order valence-corrected chi connectivity index (χ0v) is 27.6. The van der Waals surface area contributed by atoms with Gasteiger partial charge in [-0.05, 0) is 114 Å². The van der Waals surface area contributed by atoms with E-state index in [1.54, 1.807) is 0 Å². The van der Waals surface area contributed by atoms with E-state index in [4.69, 9.17) is 0 Å². The van der Waals surface area contributed by atoms with E-state index in [2.05, 4.69) is 161 Å². The van der Waals surface area contributed by atoms with Gasteiger partial charge in [0.1, 0.15) is 0 Å². The van der Waals surface area contributed by atoms with Crippen molar-refractivity contribution < 1.29 is 0 Å². The molecule has 0 saturated carbocycles. The van der Waals surface area contributed by atoms with Gasteiger partial charge in [-0.25, -0.2) is 0 Å². The van der Waals surface area contributed by atoms with Crippen molar-refractivity contribution in [2.45, 2.75) is 56.7 Å². The van der Waals surface area contributed by atoms with E-state index in [9.17, 15) is 0 Å². The smallest absolute Gasteiger partial charge is 0.0544 e. The fourth-order valence-corrected chi connectivity index (χ4v) is 8.88. The van der Waals surface area contributed by atoms with E-state index >= 15 is 0 Å². The van der Waals surface area contributed by atoms with Gasteiger partial charge < -0.3 is 4.57 Å². The number of aromatic nitrogens is 1. The Morgan fingerprint density at radius 1 is 0.556 bits per heavy atom. The molecular formula is C43H37NS. The third kappa shape index (κ3) is 4.16. The maximum atomic E-state index is 2.47. The Bertz CT molecular complexity index is 2320. The number of hydrogen-bond donors (Lipinski definition) is 0. The lowest BCUT2D eigenvalue weighted by atomic mass is 9.82. The summed E-state index contributed by atoms with van der Waals surface area (Å²) in [6, 6.07) is 42.9. The Morgan fingerprint density at radius 3 is 2.07 bits per heavy atom. The van der Waals surface area contributed by atoms with Crippen molar-refractivity contribution in [1.82, 2.24) is 4.57 Å². The molecule has 0 bridgehead atoms. The largest absolute Gasteiger partial charge is 0.309 e. The van der Waals surface area contributed by atoms with E-state index in [0.717, 1.165) is 0 Å². The zero-order chi connectivity index (χ0) is 31.0. The van der Waals surface area contributed by atoms with Crippen LogP contribution in [0.3, 0.4) is 0 Å². The zero-order valence-electron chi connectivity index (χ0n) is 26.8. The molecule has 220 valence electrons. The molecule has 0 spiro atoms. The first-order valence-electron chi connectivity index (χ1n) is 15.9. The van der Waals surface area contributed by atoms with Crippen LogP contribution in [0.4, 0.5) is 0 Å². The second kappa shape index (κ2) is 10.3. The monoisotopic (exact) mass is 599 g/mol. The molecule has 0 saturated heterocycles. The molecule has 1 aliphatic rings. The van der Waals surface area contributed by atoms with E-state index in [0.29, 0.717) is 0 Å². The first-order valence-corrected chi connectivity index (χ1v) is 16.7. The molecular weight excluding hydrogens is 563 g/mol. The van der Waals surface area contributed by atoms with Crippen molar-refractivity contribution in [1.29, 1.82) is 0 Å². The normalized spacial score (nSPS) is 13.4. The molecule has 1 aromatic heterocycles. The van der Waals surface area contributed by atoms with Gasteiger partial charge in [0.2, 0.25) is 0 Å². The van der Waals surface area contributed by atoms with E-state index < -0.39 is 0 Å². The number of para-hydroxylation sites is 1. The van der Waals surface area contributed by atoms with Gasteiger partial charge in [0.15, 0.2) is 0 Å². The van der Waals surface area contributed by atoms with Crippen molar-refractivity contribution in [2.75, 3.05) is 0 Å². The molecule has 2 heteroatoms. The molecule has 8 rings (SSSR count). The third-order valence-corrected chi connectivity index (χ3v) is 11.5. The van der Waals surface area contributed by atoms with Crippen molar-refractivity contribution in [2.24, 2.45) is 0 Å². The van der Waals surface area contributed by atoms with Crippen LogP contribution in [0, 0.1) is 27.7 Å². The van der Waals surface area contributed by atoms with Crippen molar-refractivity contribution in [3.05, 3.63) is 149 Å². The van der Waals surface area contributed by atoms with Crippen molar-refractivity contribution >= 4 is 33.6 Å². The summed E-state index contributed by atoms with van der Waals surface area (Å²) in [5, 5.41) is 2.63. The number of benzene rings is 6. The first kappa shape index (κ1) is 28.0. The first-order chi connectivity index (χ1) is 21.8. The molecule has 0 fully saturated rings. The number of hydrogen-bond acceptors (Lipinski definition) is 1. The van der Waals surface area contributed by atoms with E-state index in [1.807, 2.05) is 11.8 Å². The highest BCUT2D eigenvalue weighted by molar-refractivity contribution is 7.99. The Labute approximate surface area is 270 Å². The number of aryl methyl sites for hydroxylation is 4. The standard InChI is InChI=1S/C43H37NS/c1-26-13-7-8-14-31(26)40-27(2)19-20-28(3)42(40)45-39-24-23-38-41(29(39)4)33-16-10-12-18-37(33)44(38)30-21-22-36-34(25-30)32-15-9-11-17-35(32)43(36,5)6/h7-25H,1-6H3. The molecule has 0 radical (unpaired) electrons. The van der Waals surface area contributed by atoms with Gasteiger partial charge in [-0.15, -0.1) is 0 Å². The SMILES string of the molecule is Cc1ccccc1-c1c(C)ccc(C)c1Sc1ccc2c(c1C)c1ccccc1n2-c1ccc2c(c1)-c1ccccc1C2(C)C. The Balaban J connectivity index is 1.32. The van der Waals surface area contributed by atoms with Crippen LogP contribution >= 0.6 is 11.8 Å². The van der Waals surface area contributed by atoms with Gasteiger partial charge in [0.25, 0.3) is 0 Å². The Hall–Kier alpha value is -4.53. The molecule has 0 unspecified atom stereocenters. The van der Waals surface area contributed by atoms with Gasteiger partial charge in [-0.2, -0.15) is 0 Å². The maximum absolute atomic E-state index is 2.47. The van der Waals surface area contributed by atoms with Crippen LogP contribution in [0.2, 0.25) is 0 Å². The summed E-state index contributed by atoms with van der Waals surface area (Å²) in [5.74, 6) is 0. The third-order valence-electron chi connectivity index (χ3n) is 10.1. The molecule has 1 nitrogen and oxygen atoms in total. The van der Waals surface area contributed by atoms with Crippen LogP contribution in [0.1, 0.15) is 47.2 Å². The maximum Gasteiger partial charge on any atom is 0.0544 e. The minimum atomic E-state index is -0.000932. The molecule has 45 heavy (non-hydrogen) atoms. The summed E-state index contributed by atoms with van der Waals surface area (Å²) < 4.78 is 2.47. The highest BCUT2D eigenvalue weighted by Gasteiger charge is 2.35. The Kier molecular flexibility index (Phi) is 6.38. The molecule has 1 aliphatic carbocycles. The lowest BCUT2D eigenvalue weighted by Gasteiger charge is -2.21. The molecule has 6 aromatic carbocycles. The molecule has 0 atom stereocenters. The average molecular weight is 600 g/mol. The van der Waals surface area contributed by atoms with Crippen LogP contribution in [0.5, 0.6) is 0 Å². The lowest BCUT2D eigenvalue weighted by molar-refractivity contribution is 0.660. The summed E-state index contributed by atoms with van der Waals surface area (Å²) in [7, 11) is 0. The topological polar surface area (TPSA) is 4.93 Å². The van der Waals surface area contributed by atoms with Crippen molar-refractivity contribution in [3.63, 3.8) is 0 Å². The fraction of sp³-hybridized carbons (Fsp3) is 0.163. The van der Waals surface area contributed by atoms with Crippen LogP contribution in [0.25, 0.3) is 49.7 Å². The van der Waals surface area contributed by atoms with Gasteiger partial charge in [-0.1, -0.05) is 111 Å².